The van der Waals surface area contributed by atoms with Crippen LogP contribution in [0.25, 0.3) is 0 Å². The van der Waals surface area contributed by atoms with Gasteiger partial charge in [0.05, 0.1) is 7.11 Å². The number of ether oxygens (including phenoxy) is 1. The molecule has 1 aromatic heterocycles. The van der Waals surface area contributed by atoms with Crippen molar-refractivity contribution in [2.75, 3.05) is 12.4 Å². The zero-order chi connectivity index (χ0) is 16.1. The Balaban J connectivity index is 1.66. The Hall–Kier alpha value is -2.05. The van der Waals surface area contributed by atoms with Crippen molar-refractivity contribution in [3.05, 3.63) is 60.2 Å². The van der Waals surface area contributed by atoms with Crippen LogP contribution in [-0.2, 0) is 0 Å². The van der Waals surface area contributed by atoms with Crippen molar-refractivity contribution in [1.29, 1.82) is 0 Å². The monoisotopic (exact) mass is 343 g/mol. The molecule has 2 aromatic carbocycles. The van der Waals surface area contributed by atoms with Gasteiger partial charge in [-0.25, -0.2) is 0 Å². The number of aromatic nitrogens is 2. The van der Waals surface area contributed by atoms with Crippen molar-refractivity contribution in [3.8, 4) is 5.75 Å². The topological polar surface area (TPSA) is 47.0 Å². The van der Waals surface area contributed by atoms with E-state index in [-0.39, 0.29) is 0 Å². The van der Waals surface area contributed by atoms with Gasteiger partial charge in [0.15, 0.2) is 4.34 Å². The van der Waals surface area contributed by atoms with Gasteiger partial charge in [-0.1, -0.05) is 59.5 Å². The van der Waals surface area contributed by atoms with Gasteiger partial charge in [-0.2, -0.15) is 0 Å². The maximum atomic E-state index is 5.22. The molecule has 4 nitrogen and oxygen atoms in total. The maximum absolute atomic E-state index is 5.22. The van der Waals surface area contributed by atoms with Gasteiger partial charge in [0.2, 0.25) is 5.13 Å². The molecule has 0 saturated heterocycles. The Morgan fingerprint density at radius 3 is 2.70 bits per heavy atom. The first-order valence-electron chi connectivity index (χ1n) is 7.21. The van der Waals surface area contributed by atoms with Crippen LogP contribution in [0.4, 0.5) is 10.8 Å². The molecule has 1 atom stereocenters. The molecule has 3 aromatic rings. The zero-order valence-corrected chi connectivity index (χ0v) is 14.5. The van der Waals surface area contributed by atoms with Crippen molar-refractivity contribution in [1.82, 2.24) is 10.2 Å². The SMILES string of the molecule is COc1cccc(Nc2nnc(S[C@H](C)c3ccccc3)s2)c1. The van der Waals surface area contributed by atoms with Crippen molar-refractivity contribution in [2.24, 2.45) is 0 Å². The standard InChI is InChI=1S/C17H17N3OS2/c1-12(13-7-4-3-5-8-13)22-17-20-19-16(23-17)18-14-9-6-10-15(11-14)21-2/h3-12H,1-2H3,(H,18,19)/t12-/m1/s1. The third-order valence-corrected chi connectivity index (χ3v) is 5.36. The molecule has 3 rings (SSSR count). The fourth-order valence-electron chi connectivity index (χ4n) is 2.08. The van der Waals surface area contributed by atoms with Gasteiger partial charge in [-0.05, 0) is 24.6 Å². The van der Waals surface area contributed by atoms with Crippen molar-refractivity contribution in [3.63, 3.8) is 0 Å². The van der Waals surface area contributed by atoms with E-state index in [1.165, 1.54) is 5.56 Å². The van der Waals surface area contributed by atoms with Crippen LogP contribution >= 0.6 is 23.1 Å². The minimum Gasteiger partial charge on any atom is -0.497 e. The number of hydrogen-bond acceptors (Lipinski definition) is 6. The average molecular weight is 343 g/mol. The van der Waals surface area contributed by atoms with E-state index in [2.05, 4.69) is 46.7 Å². The van der Waals surface area contributed by atoms with Gasteiger partial charge in [0.1, 0.15) is 5.75 Å². The van der Waals surface area contributed by atoms with E-state index in [0.717, 1.165) is 20.9 Å². The van der Waals surface area contributed by atoms with Crippen LogP contribution in [0.2, 0.25) is 0 Å². The number of methoxy groups -OCH3 is 1. The predicted molar refractivity (Wildman–Crippen MR) is 96.9 cm³/mol. The largest absolute Gasteiger partial charge is 0.497 e. The van der Waals surface area contributed by atoms with Crippen LogP contribution in [0.1, 0.15) is 17.7 Å². The Morgan fingerprint density at radius 1 is 1.09 bits per heavy atom. The summed E-state index contributed by atoms with van der Waals surface area (Å²) in [4.78, 5) is 0. The van der Waals surface area contributed by atoms with Crippen LogP contribution < -0.4 is 10.1 Å². The molecular formula is C17H17N3OS2. The van der Waals surface area contributed by atoms with Crippen LogP contribution in [0.3, 0.4) is 0 Å². The first-order valence-corrected chi connectivity index (χ1v) is 8.90. The highest BCUT2D eigenvalue weighted by atomic mass is 32.2. The molecule has 23 heavy (non-hydrogen) atoms. The highest BCUT2D eigenvalue weighted by Crippen LogP contribution is 2.37. The first kappa shape index (κ1) is 15.8. The van der Waals surface area contributed by atoms with Crippen molar-refractivity contribution in [2.45, 2.75) is 16.5 Å². The van der Waals surface area contributed by atoms with E-state index in [0.29, 0.717) is 5.25 Å². The molecule has 0 bridgehead atoms. The summed E-state index contributed by atoms with van der Waals surface area (Å²) < 4.78 is 6.17. The van der Waals surface area contributed by atoms with Crippen LogP contribution in [0, 0.1) is 0 Å². The fourth-order valence-corrected chi connectivity index (χ4v) is 4.12. The molecular weight excluding hydrogens is 326 g/mol. The van der Waals surface area contributed by atoms with Gasteiger partial charge in [-0.15, -0.1) is 10.2 Å². The molecule has 0 unspecified atom stereocenters. The first-order chi connectivity index (χ1) is 11.2. The van der Waals surface area contributed by atoms with Crippen LogP contribution in [0.5, 0.6) is 5.75 Å². The summed E-state index contributed by atoms with van der Waals surface area (Å²) in [5.74, 6) is 0.812. The zero-order valence-electron chi connectivity index (χ0n) is 12.9. The van der Waals surface area contributed by atoms with Gasteiger partial charge in [0.25, 0.3) is 0 Å². The molecule has 0 aliphatic rings. The minimum atomic E-state index is 0.341. The van der Waals surface area contributed by atoms with Crippen molar-refractivity contribution < 1.29 is 4.74 Å². The summed E-state index contributed by atoms with van der Waals surface area (Å²) in [5.41, 5.74) is 2.23. The molecule has 6 heteroatoms. The van der Waals surface area contributed by atoms with Gasteiger partial charge < -0.3 is 10.1 Å². The maximum Gasteiger partial charge on any atom is 0.210 e. The quantitative estimate of drug-likeness (QED) is 0.628. The molecule has 1 heterocycles. The van der Waals surface area contributed by atoms with E-state index in [9.17, 15) is 0 Å². The lowest BCUT2D eigenvalue weighted by atomic mass is 10.2. The van der Waals surface area contributed by atoms with Crippen molar-refractivity contribution >= 4 is 33.9 Å². The Labute approximate surface area is 143 Å². The molecule has 0 amide bonds. The smallest absolute Gasteiger partial charge is 0.210 e. The second kappa shape index (κ2) is 7.48. The number of nitrogens with zero attached hydrogens (tertiary/aromatic N) is 2. The molecule has 0 aliphatic carbocycles. The number of thioether (sulfide) groups is 1. The summed E-state index contributed by atoms with van der Waals surface area (Å²) in [6, 6.07) is 18.2. The number of benzene rings is 2. The predicted octanol–water partition coefficient (Wildman–Crippen LogP) is 5.14. The summed E-state index contributed by atoms with van der Waals surface area (Å²) in [6.07, 6.45) is 0. The second-order valence-corrected chi connectivity index (χ2v) is 7.47. The second-order valence-electron chi connectivity index (χ2n) is 4.90. The number of anilines is 2. The molecule has 1 N–H and O–H groups in total. The normalized spacial score (nSPS) is 11.9. The number of nitrogens with one attached hydrogen (secondary N) is 1. The lowest BCUT2D eigenvalue weighted by molar-refractivity contribution is 0.415. The van der Waals surface area contributed by atoms with E-state index in [4.69, 9.17) is 4.74 Å². The Kier molecular flexibility index (Phi) is 5.15. The van der Waals surface area contributed by atoms with Crippen LogP contribution in [0.15, 0.2) is 58.9 Å². The minimum absolute atomic E-state index is 0.341. The molecule has 118 valence electrons. The highest BCUT2D eigenvalue weighted by Gasteiger charge is 2.11. The van der Waals surface area contributed by atoms with Gasteiger partial charge in [0, 0.05) is 17.0 Å². The Morgan fingerprint density at radius 2 is 1.91 bits per heavy atom. The molecule has 0 radical (unpaired) electrons. The van der Waals surface area contributed by atoms with E-state index in [1.807, 2.05) is 30.3 Å². The third kappa shape index (κ3) is 4.24. The van der Waals surface area contributed by atoms with Gasteiger partial charge in [-0.3, -0.25) is 0 Å². The molecule has 0 saturated carbocycles. The van der Waals surface area contributed by atoms with E-state index in [1.54, 1.807) is 30.2 Å². The summed E-state index contributed by atoms with van der Waals surface area (Å²) in [5, 5.41) is 12.9. The Bertz CT molecular complexity index is 761. The lowest BCUT2D eigenvalue weighted by Crippen LogP contribution is -1.90. The molecule has 0 fully saturated rings. The molecule has 0 spiro atoms. The molecule has 0 aliphatic heterocycles. The highest BCUT2D eigenvalue weighted by molar-refractivity contribution is 8.01. The number of hydrogen-bond donors (Lipinski definition) is 1. The lowest BCUT2D eigenvalue weighted by Gasteiger charge is -2.08. The number of rotatable bonds is 6. The van der Waals surface area contributed by atoms with E-state index < -0.39 is 0 Å². The third-order valence-electron chi connectivity index (χ3n) is 3.27. The summed E-state index contributed by atoms with van der Waals surface area (Å²) >= 11 is 3.27. The van der Waals surface area contributed by atoms with Crippen LogP contribution in [-0.4, -0.2) is 17.3 Å². The van der Waals surface area contributed by atoms with E-state index >= 15 is 0 Å². The van der Waals surface area contributed by atoms with Gasteiger partial charge >= 0.3 is 0 Å². The fraction of sp³-hybridized carbons (Fsp3) is 0.176. The average Bonchev–Trinajstić information content (AvgIpc) is 3.02. The summed E-state index contributed by atoms with van der Waals surface area (Å²) in [6.45, 7) is 2.18. The summed E-state index contributed by atoms with van der Waals surface area (Å²) in [7, 11) is 1.66.